The number of amides is 2. The van der Waals surface area contributed by atoms with E-state index in [1.807, 2.05) is 24.3 Å². The molecule has 0 spiro atoms. The number of carbonyl (C=O) groups excluding carboxylic acids is 2. The number of primary amides is 2. The van der Waals surface area contributed by atoms with Crippen molar-refractivity contribution < 1.29 is 9.59 Å². The van der Waals surface area contributed by atoms with E-state index < -0.39 is 11.8 Å². The van der Waals surface area contributed by atoms with Crippen LogP contribution in [0.25, 0.3) is 0 Å². The second-order valence-electron chi connectivity index (χ2n) is 3.89. The SMILES string of the molecule is NC(=O)c1ccccc1[Se][Se]c1ccccc1C(N)=O. The van der Waals surface area contributed by atoms with Crippen molar-refractivity contribution in [3.63, 3.8) is 0 Å². The molecule has 0 radical (unpaired) electrons. The van der Waals surface area contributed by atoms with Crippen LogP contribution in [0, 0.1) is 0 Å². The summed E-state index contributed by atoms with van der Waals surface area (Å²) >= 11 is 0.147. The fourth-order valence-electron chi connectivity index (χ4n) is 1.58. The molecular weight excluding hydrogens is 386 g/mol. The van der Waals surface area contributed by atoms with Gasteiger partial charge in [-0.1, -0.05) is 0 Å². The molecule has 0 unspecified atom stereocenters. The summed E-state index contributed by atoms with van der Waals surface area (Å²) in [7, 11) is 0. The van der Waals surface area contributed by atoms with Crippen LogP contribution in [0.5, 0.6) is 0 Å². The number of hydrogen-bond acceptors (Lipinski definition) is 2. The van der Waals surface area contributed by atoms with E-state index in [1.54, 1.807) is 24.3 Å². The van der Waals surface area contributed by atoms with Crippen LogP contribution in [0.2, 0.25) is 0 Å². The Morgan fingerprint density at radius 3 is 1.40 bits per heavy atom. The van der Waals surface area contributed by atoms with Gasteiger partial charge in [-0.25, -0.2) is 0 Å². The molecule has 6 heteroatoms. The van der Waals surface area contributed by atoms with Crippen LogP contribution in [-0.2, 0) is 0 Å². The molecule has 0 aromatic heterocycles. The molecule has 0 atom stereocenters. The van der Waals surface area contributed by atoms with E-state index in [2.05, 4.69) is 0 Å². The number of benzene rings is 2. The molecule has 2 rings (SSSR count). The average molecular weight is 398 g/mol. The van der Waals surface area contributed by atoms with Gasteiger partial charge < -0.3 is 0 Å². The topological polar surface area (TPSA) is 86.2 Å². The van der Waals surface area contributed by atoms with Crippen LogP contribution in [0.3, 0.4) is 0 Å². The second-order valence-corrected chi connectivity index (χ2v) is 10.1. The molecule has 0 aliphatic rings. The molecule has 2 aromatic carbocycles. The zero-order chi connectivity index (χ0) is 14.5. The van der Waals surface area contributed by atoms with Gasteiger partial charge in [0.25, 0.3) is 0 Å². The molecule has 0 saturated carbocycles. The summed E-state index contributed by atoms with van der Waals surface area (Å²) in [5, 5.41) is 0. The van der Waals surface area contributed by atoms with Crippen LogP contribution in [0.1, 0.15) is 20.7 Å². The molecule has 0 aliphatic carbocycles. The fourth-order valence-corrected chi connectivity index (χ4v) is 8.73. The first-order valence-corrected chi connectivity index (χ1v) is 11.8. The van der Waals surface area contributed by atoms with E-state index in [0.29, 0.717) is 11.1 Å². The summed E-state index contributed by atoms with van der Waals surface area (Å²) in [5.41, 5.74) is 11.9. The van der Waals surface area contributed by atoms with Gasteiger partial charge in [0.2, 0.25) is 0 Å². The quantitative estimate of drug-likeness (QED) is 0.644. The van der Waals surface area contributed by atoms with Gasteiger partial charge in [0.15, 0.2) is 0 Å². The van der Waals surface area contributed by atoms with E-state index in [0.717, 1.165) is 8.92 Å². The van der Waals surface area contributed by atoms with Gasteiger partial charge in [0, 0.05) is 0 Å². The van der Waals surface area contributed by atoms with Crippen LogP contribution < -0.4 is 20.4 Å². The molecule has 0 bridgehead atoms. The Morgan fingerprint density at radius 2 is 1.05 bits per heavy atom. The van der Waals surface area contributed by atoms with Crippen LogP contribution >= 0.6 is 0 Å². The van der Waals surface area contributed by atoms with Crippen molar-refractivity contribution in [2.24, 2.45) is 11.5 Å². The summed E-state index contributed by atoms with van der Waals surface area (Å²) in [6.45, 7) is 0. The molecule has 4 nitrogen and oxygen atoms in total. The van der Waals surface area contributed by atoms with Crippen molar-refractivity contribution in [2.45, 2.75) is 0 Å². The monoisotopic (exact) mass is 400 g/mol. The number of carbonyl (C=O) groups is 2. The molecule has 20 heavy (non-hydrogen) atoms. The predicted molar refractivity (Wildman–Crippen MR) is 80.7 cm³/mol. The van der Waals surface area contributed by atoms with Crippen LogP contribution in [0.4, 0.5) is 0 Å². The van der Waals surface area contributed by atoms with Crippen LogP contribution in [-0.4, -0.2) is 38.1 Å². The van der Waals surface area contributed by atoms with Gasteiger partial charge in [0.1, 0.15) is 0 Å². The molecule has 2 amide bonds. The summed E-state index contributed by atoms with van der Waals surface area (Å²) in [4.78, 5) is 22.7. The standard InChI is InChI=1S/C14H12N2O2Se2/c15-13(17)9-5-1-3-7-11(9)19-20-12-8-4-2-6-10(12)14(16)18/h1-8H,(H2,15,17)(H2,16,18). The minimum atomic E-state index is -0.415. The molecule has 4 N–H and O–H groups in total. The molecule has 0 saturated heterocycles. The Morgan fingerprint density at radius 1 is 0.700 bits per heavy atom. The summed E-state index contributed by atoms with van der Waals surface area (Å²) in [6.07, 6.45) is 0. The Labute approximate surface area is 127 Å². The van der Waals surface area contributed by atoms with Gasteiger partial charge in [0.05, 0.1) is 0 Å². The summed E-state index contributed by atoms with van der Waals surface area (Å²) in [6, 6.07) is 14.7. The van der Waals surface area contributed by atoms with Gasteiger partial charge in [-0.2, -0.15) is 0 Å². The van der Waals surface area contributed by atoms with Crippen molar-refractivity contribution in [2.75, 3.05) is 0 Å². The van der Waals surface area contributed by atoms with Crippen molar-refractivity contribution in [1.82, 2.24) is 0 Å². The summed E-state index contributed by atoms with van der Waals surface area (Å²) < 4.78 is 1.93. The maximum absolute atomic E-state index is 11.4. The summed E-state index contributed by atoms with van der Waals surface area (Å²) in [5.74, 6) is -0.831. The van der Waals surface area contributed by atoms with Gasteiger partial charge in [-0.15, -0.1) is 0 Å². The normalized spacial score (nSPS) is 10.2. The van der Waals surface area contributed by atoms with Crippen LogP contribution in [0.15, 0.2) is 48.5 Å². The van der Waals surface area contributed by atoms with Crippen molar-refractivity contribution in [3.8, 4) is 0 Å². The van der Waals surface area contributed by atoms with E-state index in [9.17, 15) is 9.59 Å². The van der Waals surface area contributed by atoms with E-state index in [-0.39, 0.29) is 26.3 Å². The van der Waals surface area contributed by atoms with E-state index >= 15 is 0 Å². The number of rotatable bonds is 5. The van der Waals surface area contributed by atoms with Crippen molar-refractivity contribution >= 4 is 47.0 Å². The third-order valence-electron chi connectivity index (χ3n) is 2.53. The first-order valence-electron chi connectivity index (χ1n) is 5.72. The maximum atomic E-state index is 11.4. The van der Waals surface area contributed by atoms with Gasteiger partial charge in [-0.3, -0.25) is 0 Å². The molecule has 2 aromatic rings. The third kappa shape index (κ3) is 3.50. The van der Waals surface area contributed by atoms with Gasteiger partial charge in [-0.05, 0) is 0 Å². The zero-order valence-corrected chi connectivity index (χ0v) is 13.8. The van der Waals surface area contributed by atoms with E-state index in [1.165, 1.54) is 0 Å². The number of nitrogens with two attached hydrogens (primary N) is 2. The molecule has 0 heterocycles. The molecular formula is C14H12N2O2Se2. The number of hydrogen-bond donors (Lipinski definition) is 2. The average Bonchev–Trinajstić information content (AvgIpc) is 2.45. The zero-order valence-electron chi connectivity index (χ0n) is 10.4. The Hall–Kier alpha value is -1.58. The van der Waals surface area contributed by atoms with Crippen molar-refractivity contribution in [3.05, 3.63) is 59.7 Å². The first kappa shape index (κ1) is 14.8. The van der Waals surface area contributed by atoms with Gasteiger partial charge >= 0.3 is 128 Å². The molecule has 102 valence electrons. The Kier molecular flexibility index (Phi) is 4.99. The Bertz CT molecular complexity index is 602. The Balaban J connectivity index is 2.22. The van der Waals surface area contributed by atoms with E-state index in [4.69, 9.17) is 11.5 Å². The first-order chi connectivity index (χ1) is 9.59. The predicted octanol–water partition coefficient (Wildman–Crippen LogP) is -0.841. The fraction of sp³-hybridized carbons (Fsp3) is 0. The minimum absolute atomic E-state index is 0.0736. The molecule has 0 fully saturated rings. The van der Waals surface area contributed by atoms with Crippen molar-refractivity contribution in [1.29, 1.82) is 0 Å². The second kappa shape index (κ2) is 6.73. The third-order valence-corrected chi connectivity index (χ3v) is 9.77. The molecule has 0 aliphatic heterocycles.